The lowest BCUT2D eigenvalue weighted by atomic mass is 9.98. The van der Waals surface area contributed by atoms with Gasteiger partial charge in [-0.05, 0) is 44.7 Å². The molecule has 0 aliphatic carbocycles. The second-order valence-corrected chi connectivity index (χ2v) is 9.45. The number of hydrogen-bond acceptors (Lipinski definition) is 4. The molecule has 0 saturated carbocycles. The van der Waals surface area contributed by atoms with Crippen molar-refractivity contribution in [3.8, 4) is 0 Å². The van der Waals surface area contributed by atoms with Crippen LogP contribution in [0, 0.1) is 5.92 Å². The fourth-order valence-electron chi connectivity index (χ4n) is 3.78. The van der Waals surface area contributed by atoms with Gasteiger partial charge in [0.15, 0.2) is 0 Å². The Morgan fingerprint density at radius 1 is 1.11 bits per heavy atom. The van der Waals surface area contributed by atoms with Crippen molar-refractivity contribution < 1.29 is 17.9 Å². The van der Waals surface area contributed by atoms with Crippen LogP contribution in [0.3, 0.4) is 0 Å². The van der Waals surface area contributed by atoms with Gasteiger partial charge in [-0.2, -0.15) is 4.31 Å². The maximum absolute atomic E-state index is 12.7. The number of carbonyl (C=O) groups excluding carboxylic acids is 1. The topological polar surface area (TPSA) is 79.0 Å². The van der Waals surface area contributed by atoms with Gasteiger partial charge in [0.05, 0.1) is 17.1 Å². The molecule has 1 aromatic rings. The average molecular weight is 396 g/mol. The Bertz CT molecular complexity index is 723. The van der Waals surface area contributed by atoms with Crippen LogP contribution in [0.25, 0.3) is 0 Å². The minimum atomic E-state index is -3.42. The van der Waals surface area contributed by atoms with Crippen LogP contribution in [0.15, 0.2) is 35.2 Å². The number of carbonyl (C=O) groups is 1. The van der Waals surface area contributed by atoms with Crippen LogP contribution in [-0.2, 0) is 14.8 Å². The van der Waals surface area contributed by atoms with Crippen molar-refractivity contribution in [3.63, 3.8) is 0 Å². The third-order valence-electron chi connectivity index (χ3n) is 5.20. The molecule has 2 atom stereocenters. The second kappa shape index (κ2) is 8.58. The molecular formula is C19H29N3O4S. The highest BCUT2D eigenvalue weighted by molar-refractivity contribution is 7.89. The lowest BCUT2D eigenvalue weighted by Gasteiger charge is -2.36. The Hall–Kier alpha value is -1.64. The highest BCUT2D eigenvalue weighted by Crippen LogP contribution is 2.23. The third-order valence-corrected chi connectivity index (χ3v) is 7.12. The Kier molecular flexibility index (Phi) is 6.39. The minimum absolute atomic E-state index is 0.0472. The number of rotatable bonds is 4. The summed E-state index contributed by atoms with van der Waals surface area (Å²) in [6.45, 7) is 6.70. The van der Waals surface area contributed by atoms with Crippen LogP contribution in [0.4, 0.5) is 4.79 Å². The fourth-order valence-corrected chi connectivity index (χ4v) is 5.27. The smallest absolute Gasteiger partial charge is 0.317 e. The lowest BCUT2D eigenvalue weighted by molar-refractivity contribution is -0.0546. The van der Waals surface area contributed by atoms with E-state index in [2.05, 4.69) is 5.32 Å². The molecule has 2 amide bonds. The number of sulfonamides is 1. The summed E-state index contributed by atoms with van der Waals surface area (Å²) >= 11 is 0. The minimum Gasteiger partial charge on any atom is -0.372 e. The molecule has 8 heteroatoms. The van der Waals surface area contributed by atoms with Gasteiger partial charge in [-0.3, -0.25) is 0 Å². The third kappa shape index (κ3) is 5.00. The number of nitrogens with one attached hydrogen (secondary N) is 1. The largest absolute Gasteiger partial charge is 0.372 e. The summed E-state index contributed by atoms with van der Waals surface area (Å²) in [5.74, 6) is 0.298. The zero-order valence-corrected chi connectivity index (χ0v) is 16.8. The summed E-state index contributed by atoms with van der Waals surface area (Å²) in [4.78, 5) is 14.5. The number of morpholine rings is 1. The lowest BCUT2D eigenvalue weighted by Crippen LogP contribution is -2.52. The molecule has 2 fully saturated rings. The van der Waals surface area contributed by atoms with E-state index in [1.807, 2.05) is 19.9 Å². The molecule has 2 aliphatic rings. The van der Waals surface area contributed by atoms with E-state index in [0.717, 1.165) is 12.8 Å². The van der Waals surface area contributed by atoms with Gasteiger partial charge >= 0.3 is 6.03 Å². The molecule has 0 radical (unpaired) electrons. The average Bonchev–Trinajstić information content (AvgIpc) is 2.66. The maximum Gasteiger partial charge on any atom is 0.317 e. The Morgan fingerprint density at radius 3 is 2.30 bits per heavy atom. The summed E-state index contributed by atoms with van der Waals surface area (Å²) in [6.07, 6.45) is 1.60. The first-order chi connectivity index (χ1) is 12.9. The Morgan fingerprint density at radius 2 is 1.70 bits per heavy atom. The molecule has 2 heterocycles. The van der Waals surface area contributed by atoms with Crippen molar-refractivity contribution in [1.29, 1.82) is 0 Å². The van der Waals surface area contributed by atoms with Crippen LogP contribution in [0.5, 0.6) is 0 Å². The summed E-state index contributed by atoms with van der Waals surface area (Å²) in [7, 11) is -3.42. The zero-order valence-electron chi connectivity index (χ0n) is 16.0. The predicted octanol–water partition coefficient (Wildman–Crippen LogP) is 1.91. The van der Waals surface area contributed by atoms with Gasteiger partial charge in [-0.1, -0.05) is 18.2 Å². The first kappa shape index (κ1) is 20.1. The van der Waals surface area contributed by atoms with Gasteiger partial charge in [-0.15, -0.1) is 0 Å². The van der Waals surface area contributed by atoms with Crippen LogP contribution < -0.4 is 5.32 Å². The van der Waals surface area contributed by atoms with E-state index in [4.69, 9.17) is 4.74 Å². The standard InChI is InChI=1S/C19H29N3O4S/c1-15-13-21(14-16(2)26-15)19(23)20-12-17-8-10-22(11-9-17)27(24,25)18-6-4-3-5-7-18/h3-7,15-17H,8-14H2,1-2H3,(H,20,23). The number of ether oxygens (including phenoxy) is 1. The molecular weight excluding hydrogens is 366 g/mol. The highest BCUT2D eigenvalue weighted by atomic mass is 32.2. The predicted molar refractivity (Wildman–Crippen MR) is 103 cm³/mol. The summed E-state index contributed by atoms with van der Waals surface area (Å²) in [5.41, 5.74) is 0. The Balaban J connectivity index is 1.46. The van der Waals surface area contributed by atoms with Crippen LogP contribution >= 0.6 is 0 Å². The van der Waals surface area contributed by atoms with Crippen molar-refractivity contribution in [2.45, 2.75) is 43.8 Å². The second-order valence-electron chi connectivity index (χ2n) is 7.51. The van der Waals surface area contributed by atoms with Crippen molar-refractivity contribution in [1.82, 2.24) is 14.5 Å². The number of amides is 2. The molecule has 7 nitrogen and oxygen atoms in total. The van der Waals surface area contributed by atoms with Gasteiger partial charge in [0.1, 0.15) is 0 Å². The molecule has 1 N–H and O–H groups in total. The molecule has 0 spiro atoms. The van der Waals surface area contributed by atoms with E-state index in [-0.39, 0.29) is 18.2 Å². The number of benzene rings is 1. The number of nitrogens with zero attached hydrogens (tertiary/aromatic N) is 2. The fraction of sp³-hybridized carbons (Fsp3) is 0.632. The van der Waals surface area contributed by atoms with Gasteiger partial charge < -0.3 is 15.0 Å². The maximum atomic E-state index is 12.7. The molecule has 2 unspecified atom stereocenters. The summed E-state index contributed by atoms with van der Waals surface area (Å²) in [5, 5.41) is 3.01. The molecule has 2 aliphatic heterocycles. The normalized spacial score (nSPS) is 25.3. The van der Waals surface area contributed by atoms with E-state index in [1.165, 1.54) is 0 Å². The molecule has 0 bridgehead atoms. The SMILES string of the molecule is CC1CN(C(=O)NCC2CCN(S(=O)(=O)c3ccccc3)CC2)CC(C)O1. The molecule has 150 valence electrons. The van der Waals surface area contributed by atoms with Crippen LogP contribution in [0.1, 0.15) is 26.7 Å². The van der Waals surface area contributed by atoms with Gasteiger partial charge in [0.25, 0.3) is 0 Å². The summed E-state index contributed by atoms with van der Waals surface area (Å²) < 4.78 is 32.5. The van der Waals surface area contributed by atoms with E-state index in [0.29, 0.717) is 43.5 Å². The van der Waals surface area contributed by atoms with Crippen LogP contribution in [-0.4, -0.2) is 68.6 Å². The van der Waals surface area contributed by atoms with Crippen molar-refractivity contribution in [2.75, 3.05) is 32.7 Å². The molecule has 0 aromatic heterocycles. The Labute approximate surface area is 161 Å². The monoisotopic (exact) mass is 395 g/mol. The first-order valence-corrected chi connectivity index (χ1v) is 11.0. The number of hydrogen-bond donors (Lipinski definition) is 1. The zero-order chi connectivity index (χ0) is 19.4. The van der Waals surface area contributed by atoms with Crippen LogP contribution in [0.2, 0.25) is 0 Å². The molecule has 1 aromatic carbocycles. The van der Waals surface area contributed by atoms with Gasteiger partial charge in [0.2, 0.25) is 10.0 Å². The molecule has 27 heavy (non-hydrogen) atoms. The van der Waals surface area contributed by atoms with E-state index < -0.39 is 10.0 Å². The number of piperidine rings is 1. The quantitative estimate of drug-likeness (QED) is 0.845. The van der Waals surface area contributed by atoms with Gasteiger partial charge in [0, 0.05) is 32.7 Å². The molecule has 2 saturated heterocycles. The van der Waals surface area contributed by atoms with Crippen molar-refractivity contribution >= 4 is 16.1 Å². The first-order valence-electron chi connectivity index (χ1n) is 9.59. The van der Waals surface area contributed by atoms with Crippen molar-refractivity contribution in [3.05, 3.63) is 30.3 Å². The van der Waals surface area contributed by atoms with E-state index >= 15 is 0 Å². The van der Waals surface area contributed by atoms with Crippen molar-refractivity contribution in [2.24, 2.45) is 5.92 Å². The van der Waals surface area contributed by atoms with Gasteiger partial charge in [-0.25, -0.2) is 13.2 Å². The number of urea groups is 1. The molecule has 3 rings (SSSR count). The summed E-state index contributed by atoms with van der Waals surface area (Å²) in [6, 6.07) is 8.49. The van der Waals surface area contributed by atoms with E-state index in [9.17, 15) is 13.2 Å². The van der Waals surface area contributed by atoms with E-state index in [1.54, 1.807) is 33.5 Å². The highest BCUT2D eigenvalue weighted by Gasteiger charge is 2.30.